The van der Waals surface area contributed by atoms with Gasteiger partial charge in [-0.05, 0) is 12.3 Å². The third kappa shape index (κ3) is 5.20. The van der Waals surface area contributed by atoms with Crippen molar-refractivity contribution in [1.29, 1.82) is 0 Å². The van der Waals surface area contributed by atoms with E-state index in [-0.39, 0.29) is 5.91 Å². The molecule has 0 rings (SSSR count). The van der Waals surface area contributed by atoms with E-state index in [9.17, 15) is 4.79 Å². The quantitative estimate of drug-likeness (QED) is 0.369. The Hall–Kier alpha value is -1.09. The van der Waals surface area contributed by atoms with Gasteiger partial charge in [0.05, 0.1) is 7.11 Å². The maximum Gasteiger partial charge on any atom is 0.269 e. The van der Waals surface area contributed by atoms with E-state index in [4.69, 9.17) is 4.84 Å². The van der Waals surface area contributed by atoms with E-state index in [1.54, 1.807) is 7.05 Å². The fourth-order valence-corrected chi connectivity index (χ4v) is 0.675. The van der Waals surface area contributed by atoms with Crippen molar-refractivity contribution in [3.63, 3.8) is 0 Å². The van der Waals surface area contributed by atoms with Crippen LogP contribution in [0.3, 0.4) is 0 Å². The average molecular weight is 183 g/mol. The SMILES string of the molecule is C=CC(C)CC=CC(=O)N(C)OC. The summed E-state index contributed by atoms with van der Waals surface area (Å²) in [4.78, 5) is 15.8. The van der Waals surface area contributed by atoms with Gasteiger partial charge in [0.2, 0.25) is 0 Å². The van der Waals surface area contributed by atoms with Crippen LogP contribution in [0.5, 0.6) is 0 Å². The molecule has 0 bridgehead atoms. The van der Waals surface area contributed by atoms with Gasteiger partial charge in [0.15, 0.2) is 0 Å². The lowest BCUT2D eigenvalue weighted by molar-refractivity contribution is -0.162. The number of hydrogen-bond donors (Lipinski definition) is 0. The summed E-state index contributed by atoms with van der Waals surface area (Å²) in [5.41, 5.74) is 0. The van der Waals surface area contributed by atoms with Gasteiger partial charge in [-0.15, -0.1) is 6.58 Å². The zero-order chi connectivity index (χ0) is 10.3. The molecule has 0 aliphatic rings. The van der Waals surface area contributed by atoms with E-state index in [2.05, 4.69) is 6.58 Å². The molecule has 0 radical (unpaired) electrons. The van der Waals surface area contributed by atoms with E-state index in [1.165, 1.54) is 18.2 Å². The molecule has 0 spiro atoms. The fraction of sp³-hybridized carbons (Fsp3) is 0.500. The molecule has 1 unspecified atom stereocenters. The maximum atomic E-state index is 11.1. The molecular formula is C10H17NO2. The maximum absolute atomic E-state index is 11.1. The van der Waals surface area contributed by atoms with Gasteiger partial charge in [-0.2, -0.15) is 0 Å². The number of hydroxylamine groups is 2. The van der Waals surface area contributed by atoms with E-state index >= 15 is 0 Å². The van der Waals surface area contributed by atoms with Crippen LogP contribution in [0.2, 0.25) is 0 Å². The second kappa shape index (κ2) is 6.43. The number of nitrogens with zero attached hydrogens (tertiary/aromatic N) is 1. The minimum atomic E-state index is -0.154. The number of carbonyl (C=O) groups is 1. The van der Waals surface area contributed by atoms with Gasteiger partial charge in [-0.1, -0.05) is 19.1 Å². The van der Waals surface area contributed by atoms with Crippen molar-refractivity contribution in [1.82, 2.24) is 5.06 Å². The number of carbonyl (C=O) groups excluding carboxylic acids is 1. The van der Waals surface area contributed by atoms with Crippen LogP contribution in [0, 0.1) is 5.92 Å². The van der Waals surface area contributed by atoms with Crippen molar-refractivity contribution >= 4 is 5.91 Å². The van der Waals surface area contributed by atoms with Gasteiger partial charge >= 0.3 is 0 Å². The summed E-state index contributed by atoms with van der Waals surface area (Å²) >= 11 is 0. The first-order valence-electron chi connectivity index (χ1n) is 4.22. The summed E-state index contributed by atoms with van der Waals surface area (Å²) in [6.45, 7) is 5.70. The topological polar surface area (TPSA) is 29.5 Å². The largest absolute Gasteiger partial charge is 0.274 e. The van der Waals surface area contributed by atoms with Crippen LogP contribution in [0.25, 0.3) is 0 Å². The second-order valence-corrected chi connectivity index (χ2v) is 2.87. The molecule has 1 atom stereocenters. The summed E-state index contributed by atoms with van der Waals surface area (Å²) in [5, 5.41) is 1.18. The number of amides is 1. The molecule has 0 fully saturated rings. The van der Waals surface area contributed by atoms with Crippen LogP contribution >= 0.6 is 0 Å². The van der Waals surface area contributed by atoms with Crippen molar-refractivity contribution in [2.75, 3.05) is 14.2 Å². The number of allylic oxidation sites excluding steroid dienone is 2. The molecule has 74 valence electrons. The first-order valence-corrected chi connectivity index (χ1v) is 4.22. The summed E-state index contributed by atoms with van der Waals surface area (Å²) in [6.07, 6.45) is 6.01. The lowest BCUT2D eigenvalue weighted by atomic mass is 10.1. The third-order valence-corrected chi connectivity index (χ3v) is 1.75. The van der Waals surface area contributed by atoms with E-state index < -0.39 is 0 Å². The van der Waals surface area contributed by atoms with Gasteiger partial charge in [0.25, 0.3) is 5.91 Å². The van der Waals surface area contributed by atoms with Crippen molar-refractivity contribution in [3.8, 4) is 0 Å². The predicted octanol–water partition coefficient (Wildman–Crippen LogP) is 1.77. The van der Waals surface area contributed by atoms with Gasteiger partial charge < -0.3 is 0 Å². The Morgan fingerprint density at radius 2 is 2.31 bits per heavy atom. The lowest BCUT2D eigenvalue weighted by Gasteiger charge is -2.10. The molecule has 0 saturated heterocycles. The highest BCUT2D eigenvalue weighted by atomic mass is 16.7. The molecular weight excluding hydrogens is 166 g/mol. The lowest BCUT2D eigenvalue weighted by Crippen LogP contribution is -2.23. The van der Waals surface area contributed by atoms with E-state index in [0.29, 0.717) is 5.92 Å². The standard InChI is InChI=1S/C10H17NO2/c1-5-9(2)7-6-8-10(12)11(3)13-4/h5-6,8-9H,1,7H2,2-4H3. The molecule has 0 aromatic carbocycles. The summed E-state index contributed by atoms with van der Waals surface area (Å²) in [7, 11) is 3.03. The molecule has 3 nitrogen and oxygen atoms in total. The summed E-state index contributed by atoms with van der Waals surface area (Å²) in [5.74, 6) is 0.246. The number of likely N-dealkylation sites (N-methyl/N-ethyl adjacent to an activating group) is 1. The van der Waals surface area contributed by atoms with Gasteiger partial charge in [0, 0.05) is 13.1 Å². The Bertz CT molecular complexity index is 199. The van der Waals surface area contributed by atoms with Crippen molar-refractivity contribution in [2.45, 2.75) is 13.3 Å². The van der Waals surface area contributed by atoms with Crippen LogP contribution < -0.4 is 0 Å². The monoisotopic (exact) mass is 183 g/mol. The molecule has 0 aromatic rings. The zero-order valence-electron chi connectivity index (χ0n) is 8.49. The van der Waals surface area contributed by atoms with Crippen LogP contribution in [-0.4, -0.2) is 25.1 Å². The van der Waals surface area contributed by atoms with E-state index in [1.807, 2.05) is 19.1 Å². The molecule has 0 N–H and O–H groups in total. The van der Waals surface area contributed by atoms with Crippen LogP contribution in [0.4, 0.5) is 0 Å². The van der Waals surface area contributed by atoms with Crippen molar-refractivity contribution in [3.05, 3.63) is 24.8 Å². The number of hydrogen-bond acceptors (Lipinski definition) is 2. The first-order chi connectivity index (χ1) is 6.11. The minimum absolute atomic E-state index is 0.154. The Morgan fingerprint density at radius 3 is 2.77 bits per heavy atom. The smallest absolute Gasteiger partial charge is 0.269 e. The normalized spacial score (nSPS) is 12.8. The van der Waals surface area contributed by atoms with Gasteiger partial charge in [-0.25, -0.2) is 5.06 Å². The Labute approximate surface area is 79.6 Å². The second-order valence-electron chi connectivity index (χ2n) is 2.87. The molecule has 1 amide bonds. The average Bonchev–Trinajstić information content (AvgIpc) is 2.15. The molecule has 0 aliphatic heterocycles. The minimum Gasteiger partial charge on any atom is -0.274 e. The van der Waals surface area contributed by atoms with Crippen LogP contribution in [-0.2, 0) is 9.63 Å². The highest BCUT2D eigenvalue weighted by molar-refractivity contribution is 5.86. The predicted molar refractivity (Wildman–Crippen MR) is 52.9 cm³/mol. The number of rotatable bonds is 5. The highest BCUT2D eigenvalue weighted by Crippen LogP contribution is 2.03. The molecule has 0 heterocycles. The van der Waals surface area contributed by atoms with Crippen molar-refractivity contribution < 1.29 is 9.63 Å². The van der Waals surface area contributed by atoms with E-state index in [0.717, 1.165) is 6.42 Å². The molecule has 13 heavy (non-hydrogen) atoms. The molecule has 0 aliphatic carbocycles. The highest BCUT2D eigenvalue weighted by Gasteiger charge is 2.01. The fourth-order valence-electron chi connectivity index (χ4n) is 0.675. The first kappa shape index (κ1) is 11.9. The zero-order valence-corrected chi connectivity index (χ0v) is 8.49. The molecule has 0 aromatic heterocycles. The Morgan fingerprint density at radius 1 is 1.69 bits per heavy atom. The Balaban J connectivity index is 3.84. The van der Waals surface area contributed by atoms with Crippen LogP contribution in [0.15, 0.2) is 24.8 Å². The Kier molecular flexibility index (Phi) is 5.89. The van der Waals surface area contributed by atoms with Crippen LogP contribution in [0.1, 0.15) is 13.3 Å². The van der Waals surface area contributed by atoms with Gasteiger partial charge in [0.1, 0.15) is 0 Å². The molecule has 0 saturated carbocycles. The van der Waals surface area contributed by atoms with Gasteiger partial charge in [-0.3, -0.25) is 9.63 Å². The summed E-state index contributed by atoms with van der Waals surface area (Å²) < 4.78 is 0. The van der Waals surface area contributed by atoms with Crippen molar-refractivity contribution in [2.24, 2.45) is 5.92 Å². The molecule has 3 heteroatoms. The third-order valence-electron chi connectivity index (χ3n) is 1.75. The summed E-state index contributed by atoms with van der Waals surface area (Å²) in [6, 6.07) is 0.